The van der Waals surface area contributed by atoms with Gasteiger partial charge in [-0.1, -0.05) is 29.3 Å². The molecule has 1 heterocycles. The summed E-state index contributed by atoms with van der Waals surface area (Å²) in [6, 6.07) is 8.72. The lowest BCUT2D eigenvalue weighted by atomic mass is 10.1. The zero-order chi connectivity index (χ0) is 15.0. The Kier molecular flexibility index (Phi) is 3.57. The van der Waals surface area contributed by atoms with Gasteiger partial charge >= 0.3 is 0 Å². The highest BCUT2D eigenvalue weighted by molar-refractivity contribution is 6.40. The van der Waals surface area contributed by atoms with E-state index in [9.17, 15) is 4.79 Å². The Morgan fingerprint density at radius 3 is 2.86 bits per heavy atom. The molecule has 6 heteroatoms. The number of H-pyrrole nitrogens is 1. The lowest BCUT2D eigenvalue weighted by molar-refractivity contribution is 0.102. The quantitative estimate of drug-likeness (QED) is 0.734. The number of hydrogen-bond donors (Lipinski definition) is 2. The maximum Gasteiger partial charge on any atom is 0.255 e. The molecule has 1 amide bonds. The molecule has 0 spiro atoms. The minimum absolute atomic E-state index is 0.277. The third-order valence-electron chi connectivity index (χ3n) is 3.21. The summed E-state index contributed by atoms with van der Waals surface area (Å²) in [5.74, 6) is -0.277. The van der Waals surface area contributed by atoms with Gasteiger partial charge in [-0.15, -0.1) is 0 Å². The van der Waals surface area contributed by atoms with E-state index in [0.29, 0.717) is 21.3 Å². The molecular formula is C15H11Cl2N3O. The Hall–Kier alpha value is -2.04. The van der Waals surface area contributed by atoms with Crippen LogP contribution in [0.3, 0.4) is 0 Å². The number of benzene rings is 2. The maximum atomic E-state index is 12.3. The molecule has 2 N–H and O–H groups in total. The minimum atomic E-state index is -0.277. The average molecular weight is 320 g/mol. The fourth-order valence-corrected chi connectivity index (χ4v) is 2.50. The van der Waals surface area contributed by atoms with Crippen LogP contribution in [-0.4, -0.2) is 15.9 Å². The Balaban J connectivity index is 1.94. The van der Waals surface area contributed by atoms with Crippen molar-refractivity contribution in [2.24, 2.45) is 0 Å². The SMILES string of the molecule is Cc1ccc(Cl)c(NC(=O)c2ccc3nc[nH]c3c2)c1Cl. The van der Waals surface area contributed by atoms with Gasteiger partial charge in [-0.3, -0.25) is 4.79 Å². The van der Waals surface area contributed by atoms with Crippen LogP contribution >= 0.6 is 23.2 Å². The Bertz CT molecular complexity index is 842. The summed E-state index contributed by atoms with van der Waals surface area (Å²) in [4.78, 5) is 19.4. The number of aromatic nitrogens is 2. The first-order valence-corrected chi connectivity index (χ1v) is 7.01. The highest BCUT2D eigenvalue weighted by Gasteiger charge is 2.13. The number of fused-ring (bicyclic) bond motifs is 1. The predicted octanol–water partition coefficient (Wildman–Crippen LogP) is 4.43. The molecule has 0 radical (unpaired) electrons. The van der Waals surface area contributed by atoms with E-state index in [0.717, 1.165) is 16.6 Å². The van der Waals surface area contributed by atoms with Crippen LogP contribution in [0.4, 0.5) is 5.69 Å². The third kappa shape index (κ3) is 2.60. The van der Waals surface area contributed by atoms with Crippen molar-refractivity contribution < 1.29 is 4.79 Å². The van der Waals surface area contributed by atoms with Crippen molar-refractivity contribution in [3.63, 3.8) is 0 Å². The molecule has 3 rings (SSSR count). The zero-order valence-corrected chi connectivity index (χ0v) is 12.6. The predicted molar refractivity (Wildman–Crippen MR) is 85.2 cm³/mol. The summed E-state index contributed by atoms with van der Waals surface area (Å²) in [7, 11) is 0. The fraction of sp³-hybridized carbons (Fsp3) is 0.0667. The Morgan fingerprint density at radius 1 is 1.24 bits per heavy atom. The summed E-state index contributed by atoms with van der Waals surface area (Å²) in [5, 5.41) is 3.60. The summed E-state index contributed by atoms with van der Waals surface area (Å²) >= 11 is 12.3. The second-order valence-electron chi connectivity index (χ2n) is 4.64. The van der Waals surface area contributed by atoms with Crippen LogP contribution in [-0.2, 0) is 0 Å². The second-order valence-corrected chi connectivity index (χ2v) is 5.43. The van der Waals surface area contributed by atoms with Crippen LogP contribution < -0.4 is 5.32 Å². The van der Waals surface area contributed by atoms with Crippen LogP contribution in [0.15, 0.2) is 36.7 Å². The summed E-state index contributed by atoms with van der Waals surface area (Å²) in [6.45, 7) is 1.85. The van der Waals surface area contributed by atoms with Crippen LogP contribution in [0.25, 0.3) is 11.0 Å². The number of nitrogens with one attached hydrogen (secondary N) is 2. The van der Waals surface area contributed by atoms with Crippen molar-refractivity contribution in [2.75, 3.05) is 5.32 Å². The lowest BCUT2D eigenvalue weighted by Crippen LogP contribution is -2.12. The Labute approximate surface area is 131 Å². The summed E-state index contributed by atoms with van der Waals surface area (Å²) in [5.41, 5.74) is 3.37. The summed E-state index contributed by atoms with van der Waals surface area (Å²) in [6.07, 6.45) is 1.58. The number of aromatic amines is 1. The normalized spacial score (nSPS) is 10.8. The van der Waals surface area contributed by atoms with E-state index in [1.165, 1.54) is 0 Å². The average Bonchev–Trinajstić information content (AvgIpc) is 2.94. The van der Waals surface area contributed by atoms with Gasteiger partial charge in [-0.2, -0.15) is 0 Å². The van der Waals surface area contributed by atoms with Gasteiger partial charge in [0.15, 0.2) is 0 Å². The van der Waals surface area contributed by atoms with E-state index >= 15 is 0 Å². The van der Waals surface area contributed by atoms with Gasteiger partial charge in [0.1, 0.15) is 0 Å². The van der Waals surface area contributed by atoms with E-state index in [4.69, 9.17) is 23.2 Å². The fourth-order valence-electron chi connectivity index (χ4n) is 2.03. The van der Waals surface area contributed by atoms with Crippen molar-refractivity contribution in [3.05, 3.63) is 57.8 Å². The van der Waals surface area contributed by atoms with Gasteiger partial charge in [0.2, 0.25) is 0 Å². The van der Waals surface area contributed by atoms with Crippen LogP contribution in [0, 0.1) is 6.92 Å². The number of anilines is 1. The van der Waals surface area contributed by atoms with Crippen molar-refractivity contribution in [2.45, 2.75) is 6.92 Å². The molecule has 0 saturated carbocycles. The zero-order valence-electron chi connectivity index (χ0n) is 11.1. The van der Waals surface area contributed by atoms with E-state index in [1.807, 2.05) is 6.92 Å². The number of hydrogen-bond acceptors (Lipinski definition) is 2. The Morgan fingerprint density at radius 2 is 2.05 bits per heavy atom. The second kappa shape index (κ2) is 5.39. The van der Waals surface area contributed by atoms with Gasteiger partial charge in [-0.25, -0.2) is 4.98 Å². The highest BCUT2D eigenvalue weighted by atomic mass is 35.5. The molecule has 0 atom stereocenters. The van der Waals surface area contributed by atoms with Gasteiger partial charge in [-0.05, 0) is 36.8 Å². The number of halogens is 2. The first-order valence-electron chi connectivity index (χ1n) is 6.25. The molecule has 0 aliphatic rings. The number of imidazole rings is 1. The monoisotopic (exact) mass is 319 g/mol. The van der Waals surface area contributed by atoms with E-state index in [-0.39, 0.29) is 5.91 Å². The van der Waals surface area contributed by atoms with E-state index in [2.05, 4.69) is 15.3 Å². The van der Waals surface area contributed by atoms with Crippen LogP contribution in [0.5, 0.6) is 0 Å². The molecule has 0 aliphatic heterocycles. The topological polar surface area (TPSA) is 57.8 Å². The third-order valence-corrected chi connectivity index (χ3v) is 4.01. The largest absolute Gasteiger partial charge is 0.345 e. The lowest BCUT2D eigenvalue weighted by Gasteiger charge is -2.11. The molecule has 0 aliphatic carbocycles. The van der Waals surface area contributed by atoms with Crippen molar-refractivity contribution >= 4 is 45.8 Å². The molecule has 0 fully saturated rings. The smallest absolute Gasteiger partial charge is 0.255 e. The molecule has 3 aromatic rings. The molecular weight excluding hydrogens is 309 g/mol. The van der Waals surface area contributed by atoms with E-state index in [1.54, 1.807) is 36.7 Å². The van der Waals surface area contributed by atoms with Crippen LogP contribution in [0.2, 0.25) is 10.0 Å². The first kappa shape index (κ1) is 13.9. The maximum absolute atomic E-state index is 12.3. The van der Waals surface area contributed by atoms with Gasteiger partial charge in [0.05, 0.1) is 33.1 Å². The molecule has 0 bridgehead atoms. The molecule has 21 heavy (non-hydrogen) atoms. The molecule has 0 unspecified atom stereocenters. The molecule has 1 aromatic heterocycles. The van der Waals surface area contributed by atoms with Crippen molar-refractivity contribution in [3.8, 4) is 0 Å². The van der Waals surface area contributed by atoms with Crippen LogP contribution in [0.1, 0.15) is 15.9 Å². The molecule has 2 aromatic carbocycles. The number of carbonyl (C=O) groups is 1. The summed E-state index contributed by atoms with van der Waals surface area (Å²) < 4.78 is 0. The highest BCUT2D eigenvalue weighted by Crippen LogP contribution is 2.33. The number of amides is 1. The van der Waals surface area contributed by atoms with Crippen molar-refractivity contribution in [1.82, 2.24) is 9.97 Å². The van der Waals surface area contributed by atoms with Gasteiger partial charge in [0, 0.05) is 5.56 Å². The van der Waals surface area contributed by atoms with E-state index < -0.39 is 0 Å². The molecule has 0 saturated heterocycles. The van der Waals surface area contributed by atoms with Gasteiger partial charge in [0.25, 0.3) is 5.91 Å². The minimum Gasteiger partial charge on any atom is -0.345 e. The number of rotatable bonds is 2. The number of carbonyl (C=O) groups excluding carboxylic acids is 1. The number of aryl methyl sites for hydroxylation is 1. The first-order chi connectivity index (χ1) is 10.1. The standard InChI is InChI=1S/C15H11Cl2N3O/c1-8-2-4-10(16)14(13(8)17)20-15(21)9-3-5-11-12(6-9)19-7-18-11/h2-7H,1H3,(H,18,19)(H,20,21). The molecule has 4 nitrogen and oxygen atoms in total. The number of nitrogens with zero attached hydrogens (tertiary/aromatic N) is 1. The van der Waals surface area contributed by atoms with Crippen molar-refractivity contribution in [1.29, 1.82) is 0 Å². The molecule has 106 valence electrons. The van der Waals surface area contributed by atoms with Gasteiger partial charge < -0.3 is 10.3 Å².